The minimum Gasteiger partial charge on any atom is -0.456 e. The van der Waals surface area contributed by atoms with Crippen molar-refractivity contribution < 1.29 is 4.42 Å². The first-order chi connectivity index (χ1) is 28.5. The quantitative estimate of drug-likeness (QED) is 0.170. The Kier molecular flexibility index (Phi) is 7.80. The largest absolute Gasteiger partial charge is 0.456 e. The lowest BCUT2D eigenvalue weighted by molar-refractivity contribution is 0.660. The molecule has 274 valence electrons. The van der Waals surface area contributed by atoms with E-state index in [0.717, 1.165) is 60.9 Å². The predicted molar refractivity (Wildman–Crippen MR) is 237 cm³/mol. The van der Waals surface area contributed by atoms with E-state index < -0.39 is 0 Å². The third kappa shape index (κ3) is 5.64. The summed E-state index contributed by atoms with van der Waals surface area (Å²) in [6.45, 7) is 4.61. The summed E-state index contributed by atoms with van der Waals surface area (Å²) >= 11 is 0. The molecule has 0 spiro atoms. The zero-order valence-corrected chi connectivity index (χ0v) is 32.1. The van der Waals surface area contributed by atoms with Crippen molar-refractivity contribution in [1.29, 1.82) is 0 Å². The van der Waals surface area contributed by atoms with Crippen molar-refractivity contribution in [3.8, 4) is 78.7 Å². The molecule has 2 aromatic heterocycles. The summed E-state index contributed by atoms with van der Waals surface area (Å²) in [5.74, 6) is 1.88. The summed E-state index contributed by atoms with van der Waals surface area (Å²) in [4.78, 5) is 15.6. The number of benzene rings is 8. The molecule has 8 aromatic carbocycles. The zero-order chi connectivity index (χ0) is 38.8. The number of aromatic nitrogens is 3. The van der Waals surface area contributed by atoms with Gasteiger partial charge in [-0.1, -0.05) is 166 Å². The van der Waals surface area contributed by atoms with E-state index in [1.807, 2.05) is 18.2 Å². The summed E-state index contributed by atoms with van der Waals surface area (Å²) in [7, 11) is 0. The predicted octanol–water partition coefficient (Wildman–Crippen LogP) is 14.1. The van der Waals surface area contributed by atoms with Crippen molar-refractivity contribution >= 4 is 21.9 Å². The summed E-state index contributed by atoms with van der Waals surface area (Å²) in [6.07, 6.45) is 0. The SMILES string of the molecule is CC1(C)c2ccccc2-c2cc(-c3nc(-c4cccc(-c5ccccc5)c4)nc(-c4cccc(-c5ccc6c(c5)oc5cccc(-c7ccccc7)c56)c4)n3)ccc21. The Morgan fingerprint density at radius 3 is 1.55 bits per heavy atom. The molecule has 0 aliphatic heterocycles. The van der Waals surface area contributed by atoms with Crippen LogP contribution < -0.4 is 0 Å². The molecule has 0 N–H and O–H groups in total. The minimum absolute atomic E-state index is 0.0895. The van der Waals surface area contributed by atoms with Crippen LogP contribution in [0.5, 0.6) is 0 Å². The van der Waals surface area contributed by atoms with Crippen LogP contribution in [0.25, 0.3) is 101 Å². The van der Waals surface area contributed by atoms with Gasteiger partial charge in [0.05, 0.1) is 0 Å². The van der Waals surface area contributed by atoms with E-state index >= 15 is 0 Å². The fourth-order valence-corrected chi connectivity index (χ4v) is 8.79. The molecule has 0 radical (unpaired) electrons. The summed E-state index contributed by atoms with van der Waals surface area (Å²) in [5.41, 5.74) is 16.3. The summed E-state index contributed by atoms with van der Waals surface area (Å²) in [6, 6.07) is 66.0. The first-order valence-electron chi connectivity index (χ1n) is 19.8. The molecule has 11 rings (SSSR count). The van der Waals surface area contributed by atoms with E-state index in [1.54, 1.807) is 0 Å². The molecule has 0 fully saturated rings. The maximum Gasteiger partial charge on any atom is 0.164 e. The average Bonchev–Trinajstić information content (AvgIpc) is 3.78. The molecule has 1 aliphatic rings. The molecule has 4 nitrogen and oxygen atoms in total. The van der Waals surface area contributed by atoms with Crippen LogP contribution in [-0.2, 0) is 5.41 Å². The van der Waals surface area contributed by atoms with Crippen LogP contribution in [0.1, 0.15) is 25.0 Å². The van der Waals surface area contributed by atoms with Crippen molar-refractivity contribution in [3.63, 3.8) is 0 Å². The second-order valence-corrected chi connectivity index (χ2v) is 15.6. The molecule has 0 amide bonds. The van der Waals surface area contributed by atoms with E-state index in [4.69, 9.17) is 19.4 Å². The highest BCUT2D eigenvalue weighted by molar-refractivity contribution is 6.13. The van der Waals surface area contributed by atoms with Gasteiger partial charge < -0.3 is 4.42 Å². The normalized spacial score (nSPS) is 12.8. The fourth-order valence-electron chi connectivity index (χ4n) is 8.79. The molecule has 0 saturated carbocycles. The molecule has 58 heavy (non-hydrogen) atoms. The topological polar surface area (TPSA) is 51.8 Å². The van der Waals surface area contributed by atoms with Crippen LogP contribution in [0, 0.1) is 0 Å². The lowest BCUT2D eigenvalue weighted by Crippen LogP contribution is -2.14. The van der Waals surface area contributed by atoms with Gasteiger partial charge in [0.15, 0.2) is 17.5 Å². The van der Waals surface area contributed by atoms with Gasteiger partial charge in [0.1, 0.15) is 11.2 Å². The molecular weight excluding hydrogens is 707 g/mol. The van der Waals surface area contributed by atoms with E-state index in [2.05, 4.69) is 184 Å². The van der Waals surface area contributed by atoms with Crippen molar-refractivity contribution in [2.75, 3.05) is 0 Å². The number of hydrogen-bond acceptors (Lipinski definition) is 4. The van der Waals surface area contributed by atoms with Crippen molar-refractivity contribution in [3.05, 3.63) is 199 Å². The molecule has 4 heteroatoms. The summed E-state index contributed by atoms with van der Waals surface area (Å²) < 4.78 is 6.50. The lowest BCUT2D eigenvalue weighted by atomic mass is 9.82. The first-order valence-corrected chi connectivity index (χ1v) is 19.8. The van der Waals surface area contributed by atoms with Crippen molar-refractivity contribution in [1.82, 2.24) is 15.0 Å². The third-order valence-corrected chi connectivity index (χ3v) is 11.7. The molecule has 10 aromatic rings. The smallest absolute Gasteiger partial charge is 0.164 e. The lowest BCUT2D eigenvalue weighted by Gasteiger charge is -2.21. The van der Waals surface area contributed by atoms with Gasteiger partial charge in [-0.25, -0.2) is 15.0 Å². The number of hydrogen-bond donors (Lipinski definition) is 0. The van der Waals surface area contributed by atoms with Crippen molar-refractivity contribution in [2.45, 2.75) is 19.3 Å². The van der Waals surface area contributed by atoms with Gasteiger partial charge in [0.25, 0.3) is 0 Å². The van der Waals surface area contributed by atoms with Gasteiger partial charge in [-0.05, 0) is 92.0 Å². The summed E-state index contributed by atoms with van der Waals surface area (Å²) in [5, 5.41) is 2.23. The van der Waals surface area contributed by atoms with Crippen LogP contribution in [0.3, 0.4) is 0 Å². The van der Waals surface area contributed by atoms with Crippen LogP contribution in [0.2, 0.25) is 0 Å². The van der Waals surface area contributed by atoms with E-state index in [1.165, 1.54) is 33.4 Å². The number of rotatable bonds is 6. The second-order valence-electron chi connectivity index (χ2n) is 15.6. The molecular formula is C54H37N3O. The van der Waals surface area contributed by atoms with Gasteiger partial charge >= 0.3 is 0 Å². The van der Waals surface area contributed by atoms with Gasteiger partial charge in [-0.2, -0.15) is 0 Å². The molecule has 0 unspecified atom stereocenters. The van der Waals surface area contributed by atoms with Gasteiger partial charge in [0.2, 0.25) is 0 Å². The Morgan fingerprint density at radius 2 is 0.845 bits per heavy atom. The van der Waals surface area contributed by atoms with Gasteiger partial charge in [-0.15, -0.1) is 0 Å². The maximum atomic E-state index is 6.50. The Balaban J connectivity index is 1.04. The van der Waals surface area contributed by atoms with Crippen LogP contribution in [-0.4, -0.2) is 15.0 Å². The van der Waals surface area contributed by atoms with E-state index in [0.29, 0.717) is 17.5 Å². The molecule has 0 bridgehead atoms. The minimum atomic E-state index is -0.0895. The molecule has 0 atom stereocenters. The standard InChI is InChI=1S/C54H37N3O/c1-54(2)46-24-10-9-22-43(46)45-32-41(27-29-47(45)54)53-56-51(39-20-11-18-36(30-39)34-14-5-3-6-15-34)55-52(57-53)40-21-12-19-37(31-40)38-26-28-44-49(33-38)58-48-25-13-23-42(50(44)48)35-16-7-4-8-17-35/h3-33H,1-2H3. The van der Waals surface area contributed by atoms with Gasteiger partial charge in [0, 0.05) is 32.9 Å². The van der Waals surface area contributed by atoms with Gasteiger partial charge in [-0.3, -0.25) is 0 Å². The Bertz CT molecular complexity index is 3200. The second kappa shape index (κ2) is 13.4. The van der Waals surface area contributed by atoms with Crippen LogP contribution >= 0.6 is 0 Å². The van der Waals surface area contributed by atoms with E-state index in [-0.39, 0.29) is 5.41 Å². The Hall–Kier alpha value is -7.43. The van der Waals surface area contributed by atoms with Crippen molar-refractivity contribution in [2.24, 2.45) is 0 Å². The molecule has 0 saturated heterocycles. The third-order valence-electron chi connectivity index (χ3n) is 11.7. The number of nitrogens with zero attached hydrogens (tertiary/aromatic N) is 3. The highest BCUT2D eigenvalue weighted by Crippen LogP contribution is 2.49. The number of fused-ring (bicyclic) bond motifs is 6. The van der Waals surface area contributed by atoms with E-state index in [9.17, 15) is 0 Å². The monoisotopic (exact) mass is 743 g/mol. The highest BCUT2D eigenvalue weighted by Gasteiger charge is 2.35. The fraction of sp³-hybridized carbons (Fsp3) is 0.0556. The Labute approximate surface area is 337 Å². The number of furan rings is 1. The first kappa shape index (κ1) is 33.9. The molecule has 2 heterocycles. The zero-order valence-electron chi connectivity index (χ0n) is 32.1. The van der Waals surface area contributed by atoms with Crippen LogP contribution in [0.15, 0.2) is 192 Å². The molecule has 1 aliphatic carbocycles. The highest BCUT2D eigenvalue weighted by atomic mass is 16.3. The Morgan fingerprint density at radius 1 is 0.345 bits per heavy atom. The maximum absolute atomic E-state index is 6.50. The average molecular weight is 744 g/mol. The van der Waals surface area contributed by atoms with Crippen LogP contribution in [0.4, 0.5) is 0 Å².